The number of sulfonamides is 1. The van der Waals surface area contributed by atoms with Crippen molar-refractivity contribution in [1.29, 1.82) is 0 Å². The SMILES string of the molecule is C=CC(=O)N1CCC(c2cnn(-c3cc(C)cc(C(=O)NNS(=O)(=O)c4ccccc4F)c3)c2)C1. The molecule has 0 bridgehead atoms. The molecular formula is C24H24FN5O4S. The fourth-order valence-electron chi connectivity index (χ4n) is 3.98. The summed E-state index contributed by atoms with van der Waals surface area (Å²) in [7, 11) is -4.29. The number of amides is 2. The number of likely N-dealkylation sites (tertiary alicyclic amines) is 1. The highest BCUT2D eigenvalue weighted by atomic mass is 32.2. The standard InChI is InChI=1S/C24H24FN5O4S/c1-3-23(31)29-9-8-17(14-29)19-13-26-30(15-19)20-11-16(2)10-18(12-20)24(32)27-28-35(33,34)22-7-5-4-6-21(22)25/h3-7,10-13,15,17,28H,1,8-9,14H2,2H3,(H,27,32). The van der Waals surface area contributed by atoms with Gasteiger partial charge in [0, 0.05) is 30.8 Å². The van der Waals surface area contributed by atoms with Gasteiger partial charge in [-0.2, -0.15) is 5.10 Å². The third-order valence-corrected chi connectivity index (χ3v) is 7.04. The first-order chi connectivity index (χ1) is 16.7. The van der Waals surface area contributed by atoms with Crippen LogP contribution in [0.1, 0.15) is 33.8 Å². The van der Waals surface area contributed by atoms with Gasteiger partial charge in [0.15, 0.2) is 0 Å². The molecule has 1 saturated heterocycles. The van der Waals surface area contributed by atoms with Gasteiger partial charge in [-0.3, -0.25) is 15.0 Å². The molecule has 1 unspecified atom stereocenters. The van der Waals surface area contributed by atoms with Crippen molar-refractivity contribution in [1.82, 2.24) is 24.9 Å². The number of nitrogens with zero attached hydrogens (tertiary/aromatic N) is 3. The highest BCUT2D eigenvalue weighted by molar-refractivity contribution is 7.89. The molecule has 9 nitrogen and oxygen atoms in total. The molecule has 0 radical (unpaired) electrons. The van der Waals surface area contributed by atoms with E-state index in [4.69, 9.17) is 0 Å². The summed E-state index contributed by atoms with van der Waals surface area (Å²) < 4.78 is 40.2. The third kappa shape index (κ3) is 5.31. The highest BCUT2D eigenvalue weighted by Gasteiger charge is 2.27. The predicted molar refractivity (Wildman–Crippen MR) is 127 cm³/mol. The second kappa shape index (κ2) is 9.80. The molecule has 0 saturated carbocycles. The van der Waals surface area contributed by atoms with Gasteiger partial charge in [-0.25, -0.2) is 17.5 Å². The van der Waals surface area contributed by atoms with Gasteiger partial charge < -0.3 is 4.90 Å². The molecule has 182 valence electrons. The Morgan fingerprint density at radius 1 is 1.23 bits per heavy atom. The number of hydrazine groups is 1. The van der Waals surface area contributed by atoms with Crippen molar-refractivity contribution in [3.05, 3.63) is 90.0 Å². The van der Waals surface area contributed by atoms with Crippen LogP contribution in [0.15, 0.2) is 72.4 Å². The van der Waals surface area contributed by atoms with Gasteiger partial charge in [-0.05, 0) is 60.9 Å². The fraction of sp³-hybridized carbons (Fsp3) is 0.208. The highest BCUT2D eigenvalue weighted by Crippen LogP contribution is 2.28. The second-order valence-corrected chi connectivity index (χ2v) is 9.89. The van der Waals surface area contributed by atoms with Crippen molar-refractivity contribution < 1.29 is 22.4 Å². The molecule has 2 amide bonds. The molecule has 1 aliphatic rings. The molecule has 4 rings (SSSR count). The molecule has 2 heterocycles. The Bertz CT molecular complexity index is 1400. The molecule has 11 heteroatoms. The molecule has 2 aromatic carbocycles. The van der Waals surface area contributed by atoms with Gasteiger partial charge in [0.1, 0.15) is 10.7 Å². The van der Waals surface area contributed by atoms with Crippen LogP contribution in [0.25, 0.3) is 5.69 Å². The maximum absolute atomic E-state index is 13.9. The van der Waals surface area contributed by atoms with Gasteiger partial charge in [-0.1, -0.05) is 18.7 Å². The van der Waals surface area contributed by atoms with Crippen LogP contribution in [-0.2, 0) is 14.8 Å². The number of halogens is 1. The van der Waals surface area contributed by atoms with Gasteiger partial charge in [0.05, 0.1) is 11.9 Å². The average Bonchev–Trinajstić information content (AvgIpc) is 3.52. The zero-order valence-corrected chi connectivity index (χ0v) is 19.8. The number of aromatic nitrogens is 2. The molecule has 1 atom stereocenters. The van der Waals surface area contributed by atoms with Crippen LogP contribution in [0.2, 0.25) is 0 Å². The number of hydrogen-bond acceptors (Lipinski definition) is 5. The van der Waals surface area contributed by atoms with Crippen molar-refractivity contribution in [2.75, 3.05) is 13.1 Å². The van der Waals surface area contributed by atoms with E-state index in [1.165, 1.54) is 18.2 Å². The lowest BCUT2D eigenvalue weighted by molar-refractivity contribution is -0.125. The summed E-state index contributed by atoms with van der Waals surface area (Å²) in [5, 5.41) is 4.41. The van der Waals surface area contributed by atoms with Crippen molar-refractivity contribution in [3.63, 3.8) is 0 Å². The van der Waals surface area contributed by atoms with Gasteiger partial charge in [0.25, 0.3) is 15.9 Å². The van der Waals surface area contributed by atoms with E-state index < -0.39 is 26.6 Å². The van der Waals surface area contributed by atoms with E-state index >= 15 is 0 Å². The lowest BCUT2D eigenvalue weighted by atomic mass is 10.0. The van der Waals surface area contributed by atoms with Crippen LogP contribution < -0.4 is 10.3 Å². The van der Waals surface area contributed by atoms with Gasteiger partial charge in [-0.15, -0.1) is 4.83 Å². The van der Waals surface area contributed by atoms with Crippen LogP contribution in [0.5, 0.6) is 0 Å². The van der Waals surface area contributed by atoms with Crippen molar-refractivity contribution in [2.45, 2.75) is 24.2 Å². The molecule has 35 heavy (non-hydrogen) atoms. The Balaban J connectivity index is 1.49. The Morgan fingerprint density at radius 3 is 2.74 bits per heavy atom. The first kappa shape index (κ1) is 24.3. The number of carbonyl (C=O) groups is 2. The largest absolute Gasteiger partial charge is 0.339 e. The lowest BCUT2D eigenvalue weighted by Crippen LogP contribution is -2.41. The first-order valence-electron chi connectivity index (χ1n) is 10.8. The first-order valence-corrected chi connectivity index (χ1v) is 12.3. The molecule has 1 aromatic heterocycles. The molecular weight excluding hydrogens is 473 g/mol. The predicted octanol–water partition coefficient (Wildman–Crippen LogP) is 2.45. The number of benzene rings is 2. The third-order valence-electron chi connectivity index (χ3n) is 5.76. The molecule has 0 spiro atoms. The number of hydrogen-bond donors (Lipinski definition) is 2. The van der Waals surface area contributed by atoms with E-state index in [-0.39, 0.29) is 17.4 Å². The van der Waals surface area contributed by atoms with Gasteiger partial charge >= 0.3 is 0 Å². The molecule has 0 aliphatic carbocycles. The van der Waals surface area contributed by atoms with E-state index in [1.54, 1.807) is 34.8 Å². The zero-order chi connectivity index (χ0) is 25.2. The summed E-state index contributed by atoms with van der Waals surface area (Å²) in [5.74, 6) is -1.59. The van der Waals surface area contributed by atoms with Crippen LogP contribution in [0, 0.1) is 12.7 Å². The van der Waals surface area contributed by atoms with Crippen LogP contribution in [0.3, 0.4) is 0 Å². The molecule has 1 aliphatic heterocycles. The maximum atomic E-state index is 13.9. The summed E-state index contributed by atoms with van der Waals surface area (Å²) in [6.45, 7) is 6.56. The Hall–Kier alpha value is -3.83. The van der Waals surface area contributed by atoms with E-state index in [0.717, 1.165) is 29.7 Å². The molecule has 3 aromatic rings. The Kier molecular flexibility index (Phi) is 6.81. The lowest BCUT2D eigenvalue weighted by Gasteiger charge is -2.13. The van der Waals surface area contributed by atoms with Crippen molar-refractivity contribution >= 4 is 21.8 Å². The molecule has 1 fully saturated rings. The minimum Gasteiger partial charge on any atom is -0.339 e. The maximum Gasteiger partial charge on any atom is 0.266 e. The minimum atomic E-state index is -4.29. The van der Waals surface area contributed by atoms with E-state index in [0.29, 0.717) is 18.8 Å². The summed E-state index contributed by atoms with van der Waals surface area (Å²) in [5.41, 5.74) is 4.64. The second-order valence-electron chi connectivity index (χ2n) is 8.24. The van der Waals surface area contributed by atoms with E-state index in [2.05, 4.69) is 17.1 Å². The minimum absolute atomic E-state index is 0.0974. The number of rotatable bonds is 7. The molecule has 2 N–H and O–H groups in total. The van der Waals surface area contributed by atoms with Crippen molar-refractivity contribution in [3.8, 4) is 5.69 Å². The van der Waals surface area contributed by atoms with Crippen LogP contribution in [0.4, 0.5) is 4.39 Å². The van der Waals surface area contributed by atoms with Crippen LogP contribution in [-0.4, -0.2) is 48.0 Å². The zero-order valence-electron chi connectivity index (χ0n) is 18.9. The van der Waals surface area contributed by atoms with E-state index in [9.17, 15) is 22.4 Å². The smallest absolute Gasteiger partial charge is 0.266 e. The topological polar surface area (TPSA) is 113 Å². The monoisotopic (exact) mass is 497 g/mol. The Labute approximate surface area is 202 Å². The average molecular weight is 498 g/mol. The number of nitrogens with one attached hydrogen (secondary N) is 2. The van der Waals surface area contributed by atoms with Crippen molar-refractivity contribution in [2.24, 2.45) is 0 Å². The van der Waals surface area contributed by atoms with Crippen LogP contribution >= 0.6 is 0 Å². The number of aryl methyl sites for hydroxylation is 1. The van der Waals surface area contributed by atoms with Gasteiger partial charge in [0.2, 0.25) is 5.91 Å². The summed E-state index contributed by atoms with van der Waals surface area (Å²) in [6, 6.07) is 9.85. The normalized spacial score (nSPS) is 15.7. The summed E-state index contributed by atoms with van der Waals surface area (Å²) in [4.78, 5) is 27.6. The Morgan fingerprint density at radius 2 is 2.00 bits per heavy atom. The summed E-state index contributed by atoms with van der Waals surface area (Å²) >= 11 is 0. The number of carbonyl (C=O) groups excluding carboxylic acids is 2. The quantitative estimate of drug-likeness (QED) is 0.385. The fourth-order valence-corrected chi connectivity index (χ4v) is 4.90. The van der Waals surface area contributed by atoms with E-state index in [1.807, 2.05) is 17.1 Å². The summed E-state index contributed by atoms with van der Waals surface area (Å²) in [6.07, 6.45) is 5.71.